The highest BCUT2D eigenvalue weighted by Crippen LogP contribution is 2.59. The van der Waals surface area contributed by atoms with Crippen molar-refractivity contribution < 1.29 is 14.6 Å². The molecule has 1 N–H and O–H groups in total. The minimum Gasteiger partial charge on any atom is -0.489 e. The number of aromatic nitrogens is 1. The molecule has 3 aliphatic rings. The van der Waals surface area contributed by atoms with E-state index in [0.717, 1.165) is 37.4 Å². The topological polar surface area (TPSA) is 70.3 Å². The van der Waals surface area contributed by atoms with Crippen LogP contribution in [-0.4, -0.2) is 52.7 Å². The largest absolute Gasteiger partial charge is 0.489 e. The summed E-state index contributed by atoms with van der Waals surface area (Å²) in [4.78, 5) is 26.1. The standard InChI is InChI=1S/C28H33ClN4O3/c1-27(2)25(28(3,4)26(27)36-18-6-8-21(30-5)20(29)14-18)33-15-22-19(24(33)35)7-9-23(31-22)32-12-10-17(16-34)11-13-32/h6-9,14,17,25-26,34H,10-13,15-16H2,1-4H3. The molecule has 1 saturated carbocycles. The van der Waals surface area contributed by atoms with Crippen molar-refractivity contribution in [2.24, 2.45) is 16.7 Å². The maximum absolute atomic E-state index is 13.5. The van der Waals surface area contributed by atoms with Crippen molar-refractivity contribution in [2.75, 3.05) is 24.6 Å². The second-order valence-corrected chi connectivity index (χ2v) is 11.9. The number of halogens is 1. The molecule has 5 rings (SSSR count). The average Bonchev–Trinajstić information content (AvgIpc) is 3.16. The lowest BCUT2D eigenvalue weighted by Gasteiger charge is -2.65. The van der Waals surface area contributed by atoms with Crippen LogP contribution >= 0.6 is 11.6 Å². The third-order valence-corrected chi connectivity index (χ3v) is 8.64. The lowest BCUT2D eigenvalue weighted by Crippen LogP contribution is -2.74. The van der Waals surface area contributed by atoms with Crippen molar-refractivity contribution in [3.8, 4) is 5.75 Å². The number of nitrogens with zero attached hydrogens (tertiary/aromatic N) is 4. The number of rotatable bonds is 5. The molecule has 0 atom stereocenters. The first-order valence-electron chi connectivity index (χ1n) is 12.6. The van der Waals surface area contributed by atoms with E-state index in [4.69, 9.17) is 27.9 Å². The lowest BCUT2D eigenvalue weighted by molar-refractivity contribution is -0.199. The number of carbonyl (C=O) groups excluding carboxylic acids is 1. The molecule has 2 fully saturated rings. The van der Waals surface area contributed by atoms with Gasteiger partial charge in [-0.1, -0.05) is 45.4 Å². The summed E-state index contributed by atoms with van der Waals surface area (Å²) in [5, 5.41) is 9.81. The maximum Gasteiger partial charge on any atom is 0.256 e. The minimum atomic E-state index is -0.304. The Morgan fingerprint density at radius 2 is 1.86 bits per heavy atom. The normalized spacial score (nSPS) is 24.8. The molecule has 1 saturated heterocycles. The van der Waals surface area contributed by atoms with Crippen molar-refractivity contribution in [3.05, 3.63) is 58.0 Å². The Kier molecular flexibility index (Phi) is 6.17. The van der Waals surface area contributed by atoms with E-state index in [0.29, 0.717) is 34.5 Å². The molecule has 0 radical (unpaired) electrons. The Bertz CT molecular complexity index is 1210. The number of piperidine rings is 1. The molecule has 3 heterocycles. The predicted octanol–water partition coefficient (Wildman–Crippen LogP) is 5.33. The smallest absolute Gasteiger partial charge is 0.256 e. The van der Waals surface area contributed by atoms with Gasteiger partial charge in [0.15, 0.2) is 0 Å². The Hall–Kier alpha value is -2.82. The van der Waals surface area contributed by atoms with Crippen LogP contribution in [0, 0.1) is 23.3 Å². The van der Waals surface area contributed by atoms with E-state index in [1.807, 2.05) is 17.0 Å². The van der Waals surface area contributed by atoms with Crippen LogP contribution in [0.25, 0.3) is 4.85 Å². The van der Waals surface area contributed by atoms with E-state index in [2.05, 4.69) is 37.4 Å². The van der Waals surface area contributed by atoms with Gasteiger partial charge in [-0.15, -0.1) is 0 Å². The Morgan fingerprint density at radius 3 is 2.47 bits per heavy atom. The maximum atomic E-state index is 13.5. The second kappa shape index (κ2) is 8.93. The highest BCUT2D eigenvalue weighted by atomic mass is 35.5. The van der Waals surface area contributed by atoms with E-state index in [-0.39, 0.29) is 35.5 Å². The molecule has 1 aliphatic carbocycles. The molecule has 36 heavy (non-hydrogen) atoms. The highest BCUT2D eigenvalue weighted by Gasteiger charge is 2.67. The molecular weight excluding hydrogens is 476 g/mol. The van der Waals surface area contributed by atoms with Gasteiger partial charge in [0.2, 0.25) is 5.69 Å². The first-order valence-corrected chi connectivity index (χ1v) is 13.0. The molecule has 8 heteroatoms. The van der Waals surface area contributed by atoms with E-state index in [1.54, 1.807) is 18.2 Å². The summed E-state index contributed by atoms with van der Waals surface area (Å²) in [6.45, 7) is 18.2. The number of hydrogen-bond donors (Lipinski definition) is 1. The molecule has 0 unspecified atom stereocenters. The quantitative estimate of drug-likeness (QED) is 0.552. The van der Waals surface area contributed by atoms with Gasteiger partial charge in [0, 0.05) is 36.6 Å². The predicted molar refractivity (Wildman–Crippen MR) is 140 cm³/mol. The number of pyridine rings is 1. The zero-order chi connectivity index (χ0) is 25.8. The van der Waals surface area contributed by atoms with Crippen molar-refractivity contribution in [1.82, 2.24) is 9.88 Å². The molecule has 0 spiro atoms. The Morgan fingerprint density at radius 1 is 1.17 bits per heavy atom. The molecular formula is C28H33ClN4O3. The van der Waals surface area contributed by atoms with Crippen LogP contribution in [0.5, 0.6) is 5.75 Å². The van der Waals surface area contributed by atoms with E-state index in [9.17, 15) is 9.90 Å². The number of amides is 1. The zero-order valence-electron chi connectivity index (χ0n) is 21.3. The first-order chi connectivity index (χ1) is 17.1. The molecule has 1 aromatic carbocycles. The highest BCUT2D eigenvalue weighted by molar-refractivity contribution is 6.33. The van der Waals surface area contributed by atoms with E-state index < -0.39 is 0 Å². The summed E-state index contributed by atoms with van der Waals surface area (Å²) < 4.78 is 6.41. The summed E-state index contributed by atoms with van der Waals surface area (Å²) >= 11 is 6.23. The molecule has 2 aliphatic heterocycles. The van der Waals surface area contributed by atoms with Crippen LogP contribution in [0.4, 0.5) is 11.5 Å². The van der Waals surface area contributed by atoms with Crippen LogP contribution in [0.15, 0.2) is 30.3 Å². The summed E-state index contributed by atoms with van der Waals surface area (Å²) in [6.07, 6.45) is 1.77. The number of carbonyl (C=O) groups is 1. The molecule has 1 amide bonds. The number of fused-ring (bicyclic) bond motifs is 1. The Labute approximate surface area is 217 Å². The van der Waals surface area contributed by atoms with Crippen LogP contribution in [0.3, 0.4) is 0 Å². The average molecular weight is 509 g/mol. The second-order valence-electron chi connectivity index (χ2n) is 11.5. The molecule has 0 bridgehead atoms. The fourth-order valence-electron chi connectivity index (χ4n) is 6.93. The molecule has 1 aromatic heterocycles. The van der Waals surface area contributed by atoms with Crippen molar-refractivity contribution >= 4 is 29.0 Å². The third-order valence-electron chi connectivity index (χ3n) is 8.33. The van der Waals surface area contributed by atoms with E-state index >= 15 is 0 Å². The van der Waals surface area contributed by atoms with Gasteiger partial charge in [0.1, 0.15) is 17.7 Å². The van der Waals surface area contributed by atoms with Gasteiger partial charge in [-0.05, 0) is 43.0 Å². The SMILES string of the molecule is [C-]#[N+]c1ccc(OC2C(C)(C)C(N3Cc4nc(N5CCC(CO)CC5)ccc4C3=O)C2(C)C)cc1Cl. The molecule has 2 aromatic rings. The number of ether oxygens (including phenoxy) is 1. The van der Waals surface area contributed by atoms with Gasteiger partial charge in [0.25, 0.3) is 5.91 Å². The number of anilines is 1. The lowest BCUT2D eigenvalue weighted by atomic mass is 9.49. The number of benzene rings is 1. The zero-order valence-corrected chi connectivity index (χ0v) is 22.0. The number of aliphatic hydroxyl groups is 1. The number of hydrogen-bond acceptors (Lipinski definition) is 5. The van der Waals surface area contributed by atoms with Gasteiger partial charge in [-0.2, -0.15) is 0 Å². The van der Waals surface area contributed by atoms with Crippen molar-refractivity contribution in [2.45, 2.75) is 59.2 Å². The van der Waals surface area contributed by atoms with Crippen molar-refractivity contribution in [1.29, 1.82) is 0 Å². The monoisotopic (exact) mass is 508 g/mol. The van der Waals surface area contributed by atoms with Gasteiger partial charge in [-0.3, -0.25) is 4.79 Å². The van der Waals surface area contributed by atoms with Crippen LogP contribution < -0.4 is 9.64 Å². The van der Waals surface area contributed by atoms with Crippen LogP contribution in [-0.2, 0) is 6.54 Å². The van der Waals surface area contributed by atoms with Gasteiger partial charge >= 0.3 is 0 Å². The van der Waals surface area contributed by atoms with Gasteiger partial charge in [-0.25, -0.2) is 9.83 Å². The molecule has 7 nitrogen and oxygen atoms in total. The first kappa shape index (κ1) is 24.9. The minimum absolute atomic E-state index is 0.0251. The van der Waals surface area contributed by atoms with Crippen LogP contribution in [0.1, 0.15) is 56.6 Å². The Balaban J connectivity index is 1.33. The fourth-order valence-corrected chi connectivity index (χ4v) is 7.14. The van der Waals surface area contributed by atoms with Crippen LogP contribution in [0.2, 0.25) is 5.02 Å². The van der Waals surface area contributed by atoms with Crippen molar-refractivity contribution in [3.63, 3.8) is 0 Å². The summed E-state index contributed by atoms with van der Waals surface area (Å²) in [7, 11) is 0. The van der Waals surface area contributed by atoms with Gasteiger partial charge in [0.05, 0.1) is 29.4 Å². The molecule has 190 valence electrons. The summed E-state index contributed by atoms with van der Waals surface area (Å²) in [5.41, 5.74) is 1.31. The summed E-state index contributed by atoms with van der Waals surface area (Å²) in [5.74, 6) is 1.93. The van der Waals surface area contributed by atoms with E-state index in [1.165, 1.54) is 0 Å². The van der Waals surface area contributed by atoms with Gasteiger partial charge < -0.3 is 19.6 Å². The summed E-state index contributed by atoms with van der Waals surface area (Å²) in [6, 6.07) is 9.00. The fraction of sp³-hybridized carbons (Fsp3) is 0.536. The number of aliphatic hydroxyl groups excluding tert-OH is 1. The third kappa shape index (κ3) is 3.91.